The first-order valence-electron chi connectivity index (χ1n) is 15.0. The molecule has 0 spiro atoms. The van der Waals surface area contributed by atoms with Crippen molar-refractivity contribution in [3.05, 3.63) is 109 Å². The van der Waals surface area contributed by atoms with E-state index in [0.29, 0.717) is 74.7 Å². The van der Waals surface area contributed by atoms with Gasteiger partial charge >= 0.3 is 0 Å². The molecule has 1 aliphatic heterocycles. The predicted molar refractivity (Wildman–Crippen MR) is 192 cm³/mol. The molecule has 0 unspecified atom stereocenters. The van der Waals surface area contributed by atoms with Crippen molar-refractivity contribution in [2.24, 2.45) is 10.2 Å². The summed E-state index contributed by atoms with van der Waals surface area (Å²) in [7, 11) is 0. The van der Waals surface area contributed by atoms with E-state index in [0.717, 1.165) is 5.56 Å². The smallest absolute Gasteiger partial charge is 0.221 e. The minimum atomic E-state index is 0. The fraction of sp³-hybridized carbons (Fsp3) is 0.0323. The van der Waals surface area contributed by atoms with Crippen LogP contribution in [0.4, 0.5) is 28.7 Å². The van der Waals surface area contributed by atoms with Gasteiger partial charge in [-0.3, -0.25) is 20.8 Å². The number of nitrogens with one attached hydrogen (secondary N) is 2. The summed E-state index contributed by atoms with van der Waals surface area (Å²) in [5.74, 6) is 2.65. The summed E-state index contributed by atoms with van der Waals surface area (Å²) < 4.78 is 10.0. The van der Waals surface area contributed by atoms with Gasteiger partial charge in [-0.2, -0.15) is 15.5 Å². The highest BCUT2D eigenvalue weighted by Gasteiger charge is 2.13. The zero-order chi connectivity index (χ0) is 36.6. The molecule has 6 aromatic heterocycles. The maximum Gasteiger partial charge on any atom is 0.221 e. The van der Waals surface area contributed by atoms with Gasteiger partial charge in [-0.15, -0.1) is 20.4 Å². The molecular weight excluding hydrogens is 638 g/mol. The SMILES string of the molecule is C.N#Cc1ccc(N)cn1.Nc1ccc(-c2nnc(-c3ccc(N)nc3)nn2)nc1.Nc1ccc(C2=NNC(c3ccc(N)nc3)=NN2)nc1.[2H][2H]. The minimum absolute atomic E-state index is 0. The minimum Gasteiger partial charge on any atom is -0.397 e. The number of hydrogen-bond donors (Lipinski definition) is 7. The van der Waals surface area contributed by atoms with Crippen LogP contribution in [-0.2, 0) is 0 Å². The third-order valence-corrected chi connectivity index (χ3v) is 6.08. The number of anilines is 5. The number of nitrogens with two attached hydrogens (primary N) is 5. The molecule has 0 aromatic carbocycles. The number of nitrogen functional groups attached to an aromatic ring is 5. The summed E-state index contributed by atoms with van der Waals surface area (Å²) in [5.41, 5.74) is 38.0. The van der Waals surface area contributed by atoms with Crippen LogP contribution in [0.25, 0.3) is 22.9 Å². The molecule has 1 aliphatic rings. The molecule has 7 rings (SSSR count). The summed E-state index contributed by atoms with van der Waals surface area (Å²) in [5, 5.41) is 32.6. The van der Waals surface area contributed by atoms with Gasteiger partial charge in [0, 0.05) is 26.5 Å². The van der Waals surface area contributed by atoms with Crippen LogP contribution in [0.15, 0.2) is 102 Å². The largest absolute Gasteiger partial charge is 0.397 e. The van der Waals surface area contributed by atoms with Crippen molar-refractivity contribution in [2.45, 2.75) is 7.43 Å². The van der Waals surface area contributed by atoms with Crippen molar-refractivity contribution in [2.75, 3.05) is 28.7 Å². The first-order valence-corrected chi connectivity index (χ1v) is 14.0. The normalized spacial score (nSPS) is 11.3. The fourth-order valence-electron chi connectivity index (χ4n) is 3.60. The Balaban J connectivity index is 0.000000217. The van der Waals surface area contributed by atoms with Crippen LogP contribution in [0.5, 0.6) is 0 Å². The summed E-state index contributed by atoms with van der Waals surface area (Å²) in [6, 6.07) is 18.9. The molecule has 0 fully saturated rings. The molecule has 0 saturated heterocycles. The lowest BCUT2D eigenvalue weighted by Gasteiger charge is -2.14. The molecule has 0 aliphatic carbocycles. The summed E-state index contributed by atoms with van der Waals surface area (Å²) >= 11 is 0. The van der Waals surface area contributed by atoms with Crippen LogP contribution in [0.2, 0.25) is 0 Å². The number of nitrogens with zero attached hydrogens (tertiary/aromatic N) is 12. The van der Waals surface area contributed by atoms with Crippen molar-refractivity contribution in [1.29, 1.82) is 5.26 Å². The lowest BCUT2D eigenvalue weighted by atomic mass is 10.2. The maximum absolute atomic E-state index is 8.28. The molecule has 0 bridgehead atoms. The lowest BCUT2D eigenvalue weighted by molar-refractivity contribution is 0.870. The number of rotatable bonds is 4. The van der Waals surface area contributed by atoms with Gasteiger partial charge in [0.15, 0.2) is 11.7 Å². The Labute approximate surface area is 288 Å². The Morgan fingerprint density at radius 1 is 0.520 bits per heavy atom. The summed E-state index contributed by atoms with van der Waals surface area (Å²) in [6.07, 6.45) is 7.72. The van der Waals surface area contributed by atoms with Crippen molar-refractivity contribution < 1.29 is 2.97 Å². The van der Waals surface area contributed by atoms with Gasteiger partial charge in [0.05, 0.1) is 35.7 Å². The van der Waals surface area contributed by atoms with Crippen LogP contribution in [0.1, 0.15) is 27.3 Å². The second-order valence-electron chi connectivity index (χ2n) is 9.68. The molecule has 12 N–H and O–H groups in total. The third-order valence-electron chi connectivity index (χ3n) is 6.08. The number of hydrogen-bond acceptors (Lipinski definition) is 19. The molecule has 50 heavy (non-hydrogen) atoms. The number of amidine groups is 2. The predicted octanol–water partition coefficient (Wildman–Crippen LogP) is 1.83. The average Bonchev–Trinajstić information content (AvgIpc) is 3.18. The molecule has 19 heteroatoms. The van der Waals surface area contributed by atoms with E-state index >= 15 is 0 Å². The number of aromatic nitrogens is 9. The Bertz CT molecular complexity index is 1960. The van der Waals surface area contributed by atoms with E-state index in [1.165, 1.54) is 12.4 Å². The van der Waals surface area contributed by atoms with Crippen molar-refractivity contribution in [1.82, 2.24) is 56.2 Å². The van der Waals surface area contributed by atoms with Gasteiger partial charge in [0.2, 0.25) is 11.6 Å². The van der Waals surface area contributed by atoms with Crippen LogP contribution < -0.4 is 39.5 Å². The highest BCUT2D eigenvalue weighted by atomic mass is 15.5. The Hall–Kier alpha value is -7.88. The van der Waals surface area contributed by atoms with Crippen molar-refractivity contribution in [3.8, 4) is 29.0 Å². The first-order chi connectivity index (χ1) is 24.8. The number of nitriles is 1. The van der Waals surface area contributed by atoms with Crippen LogP contribution >= 0.6 is 0 Å². The zero-order valence-electron chi connectivity index (χ0n) is 27.4. The van der Waals surface area contributed by atoms with Gasteiger partial charge in [-0.25, -0.2) is 15.0 Å². The monoisotopic (exact) mass is 673 g/mol. The Morgan fingerprint density at radius 2 is 1.02 bits per heavy atom. The van der Waals surface area contributed by atoms with E-state index in [1.54, 1.807) is 79.3 Å². The van der Waals surface area contributed by atoms with Gasteiger partial charge < -0.3 is 28.7 Å². The Kier molecular flexibility index (Phi) is 11.1. The highest BCUT2D eigenvalue weighted by molar-refractivity contribution is 6.05. The van der Waals surface area contributed by atoms with Gasteiger partial charge in [-0.1, -0.05) is 7.43 Å². The lowest BCUT2D eigenvalue weighted by Crippen LogP contribution is -2.35. The molecule has 252 valence electrons. The molecule has 7 heterocycles. The van der Waals surface area contributed by atoms with Crippen LogP contribution in [0, 0.1) is 11.3 Å². The third kappa shape index (κ3) is 9.56. The zero-order valence-corrected chi connectivity index (χ0v) is 25.4. The standard InChI is InChI=1S/C12H12N8.C12H10N8.C6H5N3.CH4.H2/c2*13-8-2-3-9(15-6-8)12-19-17-11(18-20-12)7-1-4-10(14)16-5-7;7-3-6-2-1-5(8)4-9-6;;/h1-6H,13H2,(H2,14,16)(H,17,18)(H,19,20);1-6H,13H2,(H2,14,16);1-2,4H,8H2;1H4;1H/i;;;;1+1D. The molecule has 19 nitrogen and oxygen atoms in total. The van der Waals surface area contributed by atoms with Crippen LogP contribution in [-0.4, -0.2) is 57.0 Å². The van der Waals surface area contributed by atoms with E-state index in [1.807, 2.05) is 6.07 Å². The second-order valence-corrected chi connectivity index (χ2v) is 9.68. The van der Waals surface area contributed by atoms with E-state index in [4.69, 9.17) is 36.9 Å². The van der Waals surface area contributed by atoms with E-state index in [9.17, 15) is 0 Å². The molecule has 0 saturated carbocycles. The summed E-state index contributed by atoms with van der Waals surface area (Å²) in [6.45, 7) is 0. The van der Waals surface area contributed by atoms with Gasteiger partial charge in [0.1, 0.15) is 34.8 Å². The van der Waals surface area contributed by atoms with E-state index < -0.39 is 0 Å². The van der Waals surface area contributed by atoms with E-state index in [-0.39, 0.29) is 7.43 Å². The number of pyridine rings is 5. The van der Waals surface area contributed by atoms with Gasteiger partial charge in [0.25, 0.3) is 0 Å². The number of hydrazone groups is 2. The average molecular weight is 674 g/mol. The molecular formula is C31H33N19. The van der Waals surface area contributed by atoms with Crippen LogP contribution in [0.3, 0.4) is 0 Å². The maximum atomic E-state index is 8.28. The Morgan fingerprint density at radius 3 is 1.48 bits per heavy atom. The second kappa shape index (κ2) is 16.6. The molecule has 6 aromatic rings. The van der Waals surface area contributed by atoms with Crippen molar-refractivity contribution >= 4 is 40.4 Å². The fourth-order valence-corrected chi connectivity index (χ4v) is 3.60. The quantitative estimate of drug-likeness (QED) is 0.140. The first kappa shape index (κ1) is 33.5. The van der Waals surface area contributed by atoms with Gasteiger partial charge in [-0.05, 0) is 60.7 Å². The molecule has 0 radical (unpaired) electrons. The topological polar surface area (TPSA) is 319 Å². The van der Waals surface area contributed by atoms with Crippen molar-refractivity contribution in [3.63, 3.8) is 0 Å². The summed E-state index contributed by atoms with van der Waals surface area (Å²) in [4.78, 5) is 19.9. The molecule has 0 atom stereocenters. The molecule has 0 amide bonds. The van der Waals surface area contributed by atoms with E-state index in [2.05, 4.69) is 66.4 Å². The highest BCUT2D eigenvalue weighted by Crippen LogP contribution is 2.15.